The average molecular weight is 357 g/mol. The molecule has 6 heteroatoms. The summed E-state index contributed by atoms with van der Waals surface area (Å²) in [7, 11) is 6.54. The maximum Gasteiger partial charge on any atom is 0.132 e. The molecule has 0 aliphatic heterocycles. The summed E-state index contributed by atoms with van der Waals surface area (Å²) >= 11 is 1.55. The van der Waals surface area contributed by atoms with Crippen LogP contribution in [-0.4, -0.2) is 33.4 Å². The Morgan fingerprint density at radius 1 is 0.720 bits per heavy atom. The molecule has 0 N–H and O–H groups in total. The number of nitrogens with zero attached hydrogens (tertiary/aromatic N) is 1. The summed E-state index contributed by atoms with van der Waals surface area (Å²) in [5.41, 5.74) is 2.68. The van der Waals surface area contributed by atoms with Crippen LogP contribution >= 0.6 is 11.3 Å². The third kappa shape index (κ3) is 3.39. The Labute approximate surface area is 150 Å². The molecule has 0 saturated carbocycles. The van der Waals surface area contributed by atoms with Crippen molar-refractivity contribution in [2.24, 2.45) is 0 Å². The minimum Gasteiger partial charge on any atom is -0.497 e. The highest BCUT2D eigenvalue weighted by Crippen LogP contribution is 2.39. The topological polar surface area (TPSA) is 49.8 Å². The molecule has 1 heterocycles. The van der Waals surface area contributed by atoms with Crippen molar-refractivity contribution in [2.75, 3.05) is 28.4 Å². The third-order valence-corrected chi connectivity index (χ3v) is 4.70. The van der Waals surface area contributed by atoms with Crippen molar-refractivity contribution < 1.29 is 18.9 Å². The molecule has 2 aromatic carbocycles. The van der Waals surface area contributed by atoms with E-state index < -0.39 is 0 Å². The Kier molecular flexibility index (Phi) is 5.09. The molecule has 0 spiro atoms. The maximum absolute atomic E-state index is 5.48. The quantitative estimate of drug-likeness (QED) is 0.649. The Hall–Kier alpha value is -2.73. The number of hydrogen-bond donors (Lipinski definition) is 0. The predicted octanol–water partition coefficient (Wildman–Crippen LogP) is 4.51. The minimum absolute atomic E-state index is 0.720. The van der Waals surface area contributed by atoms with Crippen LogP contribution in [0.4, 0.5) is 0 Å². The van der Waals surface area contributed by atoms with Gasteiger partial charge in [0, 0.05) is 23.1 Å². The molecular formula is C19H19NO4S. The normalized spacial score (nSPS) is 10.4. The third-order valence-electron chi connectivity index (χ3n) is 3.83. The first-order valence-corrected chi connectivity index (χ1v) is 8.48. The molecule has 0 atom stereocenters. The van der Waals surface area contributed by atoms with Gasteiger partial charge in [-0.2, -0.15) is 0 Å². The molecule has 0 fully saturated rings. The zero-order valence-corrected chi connectivity index (χ0v) is 15.3. The van der Waals surface area contributed by atoms with Crippen LogP contribution < -0.4 is 18.9 Å². The Bertz CT molecular complexity index is 806. The van der Waals surface area contributed by atoms with Crippen molar-refractivity contribution in [3.8, 4) is 44.8 Å². The first-order chi connectivity index (χ1) is 12.2. The highest BCUT2D eigenvalue weighted by atomic mass is 32.1. The fraction of sp³-hybridized carbons (Fsp3) is 0.211. The fourth-order valence-electron chi connectivity index (χ4n) is 2.51. The van der Waals surface area contributed by atoms with Crippen molar-refractivity contribution in [2.45, 2.75) is 0 Å². The van der Waals surface area contributed by atoms with Gasteiger partial charge in [0.05, 0.1) is 39.7 Å². The molecule has 1 aromatic heterocycles. The average Bonchev–Trinajstić information content (AvgIpc) is 3.16. The second-order valence-electron chi connectivity index (χ2n) is 5.17. The molecule has 0 saturated heterocycles. The molecule has 0 radical (unpaired) electrons. The van der Waals surface area contributed by atoms with Gasteiger partial charge >= 0.3 is 0 Å². The van der Waals surface area contributed by atoms with E-state index in [-0.39, 0.29) is 0 Å². The first kappa shape index (κ1) is 17.1. The van der Waals surface area contributed by atoms with Gasteiger partial charge in [0.25, 0.3) is 0 Å². The summed E-state index contributed by atoms with van der Waals surface area (Å²) in [4.78, 5) is 4.76. The van der Waals surface area contributed by atoms with Crippen LogP contribution in [0.15, 0.2) is 41.8 Å². The van der Waals surface area contributed by atoms with E-state index in [1.54, 1.807) is 39.8 Å². The molecule has 0 aliphatic carbocycles. The summed E-state index contributed by atoms with van der Waals surface area (Å²) in [6.45, 7) is 0. The molecule has 130 valence electrons. The van der Waals surface area contributed by atoms with Gasteiger partial charge in [0.15, 0.2) is 0 Å². The number of rotatable bonds is 6. The van der Waals surface area contributed by atoms with Gasteiger partial charge in [0.2, 0.25) is 0 Å². The van der Waals surface area contributed by atoms with Gasteiger partial charge in [-0.1, -0.05) is 0 Å². The largest absolute Gasteiger partial charge is 0.497 e. The van der Waals surface area contributed by atoms with E-state index in [4.69, 9.17) is 23.9 Å². The maximum atomic E-state index is 5.48. The Morgan fingerprint density at radius 2 is 1.28 bits per heavy atom. The summed E-state index contributed by atoms with van der Waals surface area (Å²) in [5, 5.41) is 2.87. The summed E-state index contributed by atoms with van der Waals surface area (Å²) in [6.07, 6.45) is 0. The van der Waals surface area contributed by atoms with Gasteiger partial charge in [0.1, 0.15) is 28.0 Å². The molecule has 0 unspecified atom stereocenters. The Balaban J connectivity index is 2.01. The van der Waals surface area contributed by atoms with E-state index in [2.05, 4.69) is 0 Å². The summed E-state index contributed by atoms with van der Waals surface area (Å²) < 4.78 is 21.5. The zero-order chi connectivity index (χ0) is 17.8. The summed E-state index contributed by atoms with van der Waals surface area (Å²) in [6, 6.07) is 11.4. The van der Waals surface area contributed by atoms with Crippen LogP contribution in [0, 0.1) is 0 Å². The van der Waals surface area contributed by atoms with Gasteiger partial charge in [-0.15, -0.1) is 11.3 Å². The first-order valence-electron chi connectivity index (χ1n) is 7.60. The van der Waals surface area contributed by atoms with Gasteiger partial charge < -0.3 is 18.9 Å². The lowest BCUT2D eigenvalue weighted by Gasteiger charge is -2.09. The van der Waals surface area contributed by atoms with Crippen LogP contribution in [0.5, 0.6) is 23.0 Å². The molecule has 3 aromatic rings. The highest BCUT2D eigenvalue weighted by Gasteiger charge is 2.15. The van der Waals surface area contributed by atoms with Crippen molar-refractivity contribution >= 4 is 11.3 Å². The molecule has 0 aliphatic rings. The number of aromatic nitrogens is 1. The second kappa shape index (κ2) is 7.44. The van der Waals surface area contributed by atoms with E-state index in [1.165, 1.54) is 0 Å². The van der Waals surface area contributed by atoms with Crippen molar-refractivity contribution in [3.05, 3.63) is 41.8 Å². The van der Waals surface area contributed by atoms with Gasteiger partial charge in [-0.05, 0) is 24.3 Å². The summed E-state index contributed by atoms with van der Waals surface area (Å²) in [5.74, 6) is 2.93. The lowest BCUT2D eigenvalue weighted by molar-refractivity contribution is 0.395. The van der Waals surface area contributed by atoms with Crippen molar-refractivity contribution in [3.63, 3.8) is 0 Å². The Morgan fingerprint density at radius 3 is 1.84 bits per heavy atom. The van der Waals surface area contributed by atoms with Crippen LogP contribution in [-0.2, 0) is 0 Å². The monoisotopic (exact) mass is 357 g/mol. The van der Waals surface area contributed by atoms with Crippen LogP contribution in [0.1, 0.15) is 0 Å². The van der Waals surface area contributed by atoms with E-state index in [9.17, 15) is 0 Å². The zero-order valence-electron chi connectivity index (χ0n) is 14.5. The van der Waals surface area contributed by atoms with Crippen molar-refractivity contribution in [1.82, 2.24) is 4.98 Å². The smallest absolute Gasteiger partial charge is 0.132 e. The number of thiazole rings is 1. The number of hydrogen-bond acceptors (Lipinski definition) is 6. The number of methoxy groups -OCH3 is 4. The molecule has 0 bridgehead atoms. The number of ether oxygens (including phenoxy) is 4. The molecule has 0 amide bonds. The lowest BCUT2D eigenvalue weighted by atomic mass is 10.1. The van der Waals surface area contributed by atoms with Crippen molar-refractivity contribution in [1.29, 1.82) is 0 Å². The standard InChI is InChI=1S/C19H19NO4S/c1-21-12-5-7-14(17(9-12)23-3)16-11-25-19(20-16)15-8-6-13(22-2)10-18(15)24-4/h5-11H,1-4H3. The molecule has 5 nitrogen and oxygen atoms in total. The second-order valence-corrected chi connectivity index (χ2v) is 6.03. The predicted molar refractivity (Wildman–Crippen MR) is 99.2 cm³/mol. The van der Waals surface area contributed by atoms with E-state index in [0.717, 1.165) is 44.8 Å². The van der Waals surface area contributed by atoms with Crippen LogP contribution in [0.2, 0.25) is 0 Å². The van der Waals surface area contributed by atoms with Crippen LogP contribution in [0.3, 0.4) is 0 Å². The SMILES string of the molecule is COc1ccc(-c2csc(-c3ccc(OC)cc3OC)n2)c(OC)c1. The molecule has 3 rings (SSSR count). The number of benzene rings is 2. The molecule has 25 heavy (non-hydrogen) atoms. The van der Waals surface area contributed by atoms with E-state index in [0.29, 0.717) is 0 Å². The van der Waals surface area contributed by atoms with E-state index >= 15 is 0 Å². The van der Waals surface area contributed by atoms with Crippen LogP contribution in [0.25, 0.3) is 21.8 Å². The fourth-order valence-corrected chi connectivity index (χ4v) is 3.36. The van der Waals surface area contributed by atoms with E-state index in [1.807, 2.05) is 41.8 Å². The van der Waals surface area contributed by atoms with Gasteiger partial charge in [-0.3, -0.25) is 0 Å². The molecular weight excluding hydrogens is 338 g/mol. The lowest BCUT2D eigenvalue weighted by Crippen LogP contribution is -1.92. The minimum atomic E-state index is 0.720. The van der Waals surface area contributed by atoms with Gasteiger partial charge in [-0.25, -0.2) is 4.98 Å². The highest BCUT2D eigenvalue weighted by molar-refractivity contribution is 7.13.